The lowest BCUT2D eigenvalue weighted by Gasteiger charge is -2.21. The minimum atomic E-state index is -4.06. The second-order valence-electron chi connectivity index (χ2n) is 6.93. The Morgan fingerprint density at radius 3 is 2.63 bits per heavy atom. The van der Waals surface area contributed by atoms with E-state index in [0.29, 0.717) is 6.61 Å². The molecule has 1 aromatic rings. The second kappa shape index (κ2) is 11.7. The number of carbonyl (C=O) groups is 1. The van der Waals surface area contributed by atoms with Gasteiger partial charge in [-0.05, 0) is 31.4 Å². The lowest BCUT2D eigenvalue weighted by molar-refractivity contribution is -0.140. The van der Waals surface area contributed by atoms with Crippen LogP contribution in [0.2, 0.25) is 0 Å². The van der Waals surface area contributed by atoms with Crippen LogP contribution in [0.4, 0.5) is 0 Å². The van der Waals surface area contributed by atoms with Crippen LogP contribution in [0, 0.1) is 5.92 Å². The first-order chi connectivity index (χ1) is 13.0. The monoisotopic (exact) mass is 417 g/mol. The van der Waals surface area contributed by atoms with Crippen molar-refractivity contribution < 1.29 is 23.2 Å². The Balaban J connectivity index is 1.58. The summed E-state index contributed by atoms with van der Waals surface area (Å²) in [7, 11) is 0. The SMILES string of the molecule is C[C@H](NOCCCCC1CCCCC1)C(=O)OP(=O)(Cl)Oc1ccccc1. The molecule has 0 saturated heterocycles. The van der Waals surface area contributed by atoms with Crippen molar-refractivity contribution in [3.8, 4) is 5.75 Å². The molecular weight excluding hydrogens is 389 g/mol. The summed E-state index contributed by atoms with van der Waals surface area (Å²) >= 11 is 5.71. The van der Waals surface area contributed by atoms with Gasteiger partial charge in [-0.1, -0.05) is 63.1 Å². The lowest BCUT2D eigenvalue weighted by atomic mass is 9.86. The number of para-hydroxylation sites is 1. The van der Waals surface area contributed by atoms with Gasteiger partial charge >= 0.3 is 12.9 Å². The number of carbonyl (C=O) groups excluding carboxylic acids is 1. The fourth-order valence-corrected chi connectivity index (χ4v) is 4.35. The van der Waals surface area contributed by atoms with Gasteiger partial charge in [0.2, 0.25) is 0 Å². The van der Waals surface area contributed by atoms with Gasteiger partial charge in [0.25, 0.3) is 0 Å². The number of unbranched alkanes of at least 4 members (excludes halogenated alkanes) is 1. The van der Waals surface area contributed by atoms with Crippen LogP contribution in [0.3, 0.4) is 0 Å². The van der Waals surface area contributed by atoms with Crippen LogP contribution < -0.4 is 10.0 Å². The fraction of sp³-hybridized carbons (Fsp3) is 0.632. The van der Waals surface area contributed by atoms with Gasteiger partial charge in [-0.3, -0.25) is 0 Å². The predicted molar refractivity (Wildman–Crippen MR) is 106 cm³/mol. The van der Waals surface area contributed by atoms with Crippen molar-refractivity contribution in [3.05, 3.63) is 30.3 Å². The van der Waals surface area contributed by atoms with Crippen LogP contribution in [0.5, 0.6) is 5.75 Å². The molecule has 0 amide bonds. The molecule has 2 rings (SSSR count). The van der Waals surface area contributed by atoms with Crippen LogP contribution in [-0.4, -0.2) is 18.6 Å². The number of rotatable bonds is 11. The molecule has 6 nitrogen and oxygen atoms in total. The molecule has 152 valence electrons. The largest absolute Gasteiger partial charge is 0.532 e. The second-order valence-corrected chi connectivity index (χ2v) is 9.40. The molecule has 1 aliphatic carbocycles. The molecule has 8 heteroatoms. The summed E-state index contributed by atoms with van der Waals surface area (Å²) < 4.78 is 21.9. The van der Waals surface area contributed by atoms with Gasteiger partial charge in [0.15, 0.2) is 0 Å². The van der Waals surface area contributed by atoms with Gasteiger partial charge < -0.3 is 13.9 Å². The number of benzene rings is 1. The fourth-order valence-electron chi connectivity index (χ4n) is 3.13. The summed E-state index contributed by atoms with van der Waals surface area (Å²) in [6.45, 7) is -2.01. The van der Waals surface area contributed by atoms with E-state index in [2.05, 4.69) is 5.48 Å². The Morgan fingerprint density at radius 1 is 1.22 bits per heavy atom. The minimum absolute atomic E-state index is 0.262. The standard InChI is InChI=1S/C19H29ClNO5P/c1-16(21-24-15-9-8-12-17-10-4-2-5-11-17)19(22)26-27(20,23)25-18-13-6-3-7-14-18/h3,6-7,13-14,16-17,21H,2,4-5,8-12,15H2,1H3/t16-,27?/m0/s1. The molecule has 2 atom stereocenters. The predicted octanol–water partition coefficient (Wildman–Crippen LogP) is 5.62. The van der Waals surface area contributed by atoms with E-state index in [0.717, 1.165) is 18.8 Å². The highest BCUT2D eigenvalue weighted by Crippen LogP contribution is 2.53. The molecule has 0 radical (unpaired) electrons. The van der Waals surface area contributed by atoms with Crippen molar-refractivity contribution in [3.63, 3.8) is 0 Å². The molecule has 1 unspecified atom stereocenters. The molecule has 0 heterocycles. The summed E-state index contributed by atoms with van der Waals surface area (Å²) in [4.78, 5) is 17.3. The van der Waals surface area contributed by atoms with Crippen molar-refractivity contribution in [2.45, 2.75) is 64.3 Å². The van der Waals surface area contributed by atoms with E-state index in [9.17, 15) is 9.36 Å². The van der Waals surface area contributed by atoms with Crippen molar-refractivity contribution in [2.75, 3.05) is 6.61 Å². The number of halogens is 1. The van der Waals surface area contributed by atoms with E-state index < -0.39 is 19.0 Å². The Hall–Kier alpha value is -1.07. The van der Waals surface area contributed by atoms with E-state index in [1.165, 1.54) is 38.5 Å². The molecule has 0 aliphatic heterocycles. The summed E-state index contributed by atoms with van der Waals surface area (Å²) in [6, 6.07) is 7.49. The molecule has 27 heavy (non-hydrogen) atoms. The average Bonchev–Trinajstić information content (AvgIpc) is 2.65. The lowest BCUT2D eigenvalue weighted by Crippen LogP contribution is -2.35. The van der Waals surface area contributed by atoms with Gasteiger partial charge in [0, 0.05) is 11.2 Å². The maximum Gasteiger partial charge on any atom is 0.532 e. The van der Waals surface area contributed by atoms with Crippen molar-refractivity contribution >= 4 is 24.2 Å². The third kappa shape index (κ3) is 9.11. The van der Waals surface area contributed by atoms with Crippen molar-refractivity contribution in [2.24, 2.45) is 5.92 Å². The van der Waals surface area contributed by atoms with E-state index in [-0.39, 0.29) is 5.75 Å². The summed E-state index contributed by atoms with van der Waals surface area (Å²) in [5.41, 5.74) is 2.60. The van der Waals surface area contributed by atoms with Gasteiger partial charge in [-0.25, -0.2) is 9.36 Å². The third-order valence-corrected chi connectivity index (χ3v) is 5.84. The van der Waals surface area contributed by atoms with Crippen LogP contribution in [0.15, 0.2) is 30.3 Å². The average molecular weight is 418 g/mol. The first kappa shape index (κ1) is 22.2. The highest BCUT2D eigenvalue weighted by Gasteiger charge is 2.30. The van der Waals surface area contributed by atoms with E-state index in [4.69, 9.17) is 25.1 Å². The normalized spacial score (nSPS) is 18.4. The van der Waals surface area contributed by atoms with Gasteiger partial charge in [0.1, 0.15) is 11.8 Å². The van der Waals surface area contributed by atoms with Gasteiger partial charge in [0.05, 0.1) is 6.61 Å². The van der Waals surface area contributed by atoms with Gasteiger partial charge in [-0.15, -0.1) is 0 Å². The Labute approximate surface area is 166 Å². The molecule has 1 fully saturated rings. The first-order valence-electron chi connectivity index (χ1n) is 9.61. The van der Waals surface area contributed by atoms with Gasteiger partial charge in [-0.2, -0.15) is 5.48 Å². The molecule has 1 aromatic carbocycles. The van der Waals surface area contributed by atoms with E-state index in [1.54, 1.807) is 37.3 Å². The smallest absolute Gasteiger partial charge is 0.405 e. The number of nitrogens with one attached hydrogen (secondary N) is 1. The van der Waals surface area contributed by atoms with E-state index >= 15 is 0 Å². The highest BCUT2D eigenvalue weighted by molar-refractivity contribution is 7.82. The highest BCUT2D eigenvalue weighted by atomic mass is 35.7. The molecule has 0 bridgehead atoms. The topological polar surface area (TPSA) is 73.9 Å². The number of hydrogen-bond acceptors (Lipinski definition) is 6. The first-order valence-corrected chi connectivity index (χ1v) is 12.1. The van der Waals surface area contributed by atoms with Crippen LogP contribution in [0.25, 0.3) is 0 Å². The molecule has 1 saturated carbocycles. The summed E-state index contributed by atoms with van der Waals surface area (Å²) in [6.07, 6.45) is 10.1. The maximum absolute atomic E-state index is 12.1. The zero-order valence-corrected chi connectivity index (χ0v) is 17.4. The Kier molecular flexibility index (Phi) is 9.63. The van der Waals surface area contributed by atoms with Crippen LogP contribution in [-0.2, 0) is 18.7 Å². The zero-order valence-electron chi connectivity index (χ0n) is 15.8. The van der Waals surface area contributed by atoms with E-state index in [1.807, 2.05) is 0 Å². The third-order valence-electron chi connectivity index (χ3n) is 4.60. The summed E-state index contributed by atoms with van der Waals surface area (Å²) in [5, 5.41) is 0. The van der Waals surface area contributed by atoms with Crippen LogP contribution in [0.1, 0.15) is 58.3 Å². The Bertz CT molecular complexity index is 609. The minimum Gasteiger partial charge on any atom is -0.405 e. The molecule has 0 spiro atoms. The van der Waals surface area contributed by atoms with Crippen molar-refractivity contribution in [1.29, 1.82) is 0 Å². The molecule has 1 N–H and O–H groups in total. The zero-order chi connectivity index (χ0) is 19.5. The molecule has 1 aliphatic rings. The quantitative estimate of drug-likeness (QED) is 0.286. The van der Waals surface area contributed by atoms with Crippen molar-refractivity contribution in [1.82, 2.24) is 5.48 Å². The van der Waals surface area contributed by atoms with Crippen LogP contribution >= 0.6 is 18.2 Å². The number of hydrogen-bond donors (Lipinski definition) is 1. The summed E-state index contributed by atoms with van der Waals surface area (Å²) in [5.74, 6) is 0.327. The molecule has 0 aromatic heterocycles. The Morgan fingerprint density at radius 2 is 1.93 bits per heavy atom. The maximum atomic E-state index is 12.1. The molecular formula is C19H29ClNO5P. The number of hydroxylamine groups is 1.